The fourth-order valence-corrected chi connectivity index (χ4v) is 7.04. The summed E-state index contributed by atoms with van der Waals surface area (Å²) in [6, 6.07) is -0.699. The number of phosphoric ester groups is 2. The van der Waals surface area contributed by atoms with Crippen molar-refractivity contribution >= 4 is 32.6 Å². The number of nitrogen functional groups attached to an aromatic ring is 1. The Morgan fingerprint density at radius 1 is 1.11 bits per heavy atom. The summed E-state index contributed by atoms with van der Waals surface area (Å²) in [5, 5.41) is 31.8. The molecule has 0 amide bonds. The van der Waals surface area contributed by atoms with Crippen molar-refractivity contribution in [1.82, 2.24) is 14.5 Å². The molecule has 2 unspecified atom stereocenters. The topological polar surface area (TPSA) is 242 Å². The third-order valence-electron chi connectivity index (χ3n) is 6.63. The highest BCUT2D eigenvalue weighted by molar-refractivity contribution is 7.61. The van der Waals surface area contributed by atoms with Gasteiger partial charge in [-0.3, -0.25) is 13.6 Å². The van der Waals surface area contributed by atoms with E-state index in [0.717, 1.165) is 0 Å². The van der Waals surface area contributed by atoms with Crippen LogP contribution in [0, 0.1) is 5.92 Å². The molecule has 1 saturated heterocycles. The van der Waals surface area contributed by atoms with Gasteiger partial charge in [0.1, 0.15) is 36.8 Å². The van der Waals surface area contributed by atoms with Crippen LogP contribution in [-0.2, 0) is 32.0 Å². The number of phosphoric acid groups is 2. The minimum absolute atomic E-state index is 0.130. The number of anilines is 1. The molecule has 2 fully saturated rings. The molecule has 0 spiro atoms. The fraction of sp³-hybridized carbons (Fsp3) is 0.706. The molecule has 1 aliphatic carbocycles. The molecule has 8 bridgehead atoms. The molecule has 19 heteroatoms. The van der Waals surface area contributed by atoms with E-state index in [4.69, 9.17) is 24.3 Å². The van der Waals surface area contributed by atoms with Crippen LogP contribution in [0.4, 0.5) is 5.82 Å². The Hall–Kier alpha value is -1.59. The molecule has 10 atom stereocenters. The second-order valence-electron chi connectivity index (χ2n) is 8.77. The first-order valence-corrected chi connectivity index (χ1v) is 13.8. The van der Waals surface area contributed by atoms with Gasteiger partial charge in [-0.25, -0.2) is 18.7 Å². The lowest BCUT2D eigenvalue weighted by atomic mass is 10.1. The Kier molecular flexibility index (Phi) is 6.73. The molecule has 4 aliphatic rings. The maximum Gasteiger partial charge on any atom is 0.481 e. The largest absolute Gasteiger partial charge is 0.481 e. The quantitative estimate of drug-likeness (QED) is 0.167. The number of imidazole rings is 1. The van der Waals surface area contributed by atoms with Crippen LogP contribution in [0.15, 0.2) is 12.7 Å². The van der Waals surface area contributed by atoms with E-state index in [0.29, 0.717) is 0 Å². The number of aliphatic hydroxyl groups is 3. The monoisotopic (exact) mass is 554 g/mol. The zero-order valence-corrected chi connectivity index (χ0v) is 20.5. The number of aromatic nitrogens is 4. The van der Waals surface area contributed by atoms with Gasteiger partial charge in [0.15, 0.2) is 11.7 Å². The summed E-state index contributed by atoms with van der Waals surface area (Å²) in [6.45, 7) is -1.27. The highest BCUT2D eigenvalue weighted by Gasteiger charge is 2.49. The van der Waals surface area contributed by atoms with Gasteiger partial charge in [-0.1, -0.05) is 4.98 Å². The van der Waals surface area contributed by atoms with Crippen molar-refractivity contribution in [3.05, 3.63) is 12.7 Å². The van der Waals surface area contributed by atoms with E-state index in [1.807, 2.05) is 0 Å². The molecule has 36 heavy (non-hydrogen) atoms. The summed E-state index contributed by atoms with van der Waals surface area (Å²) in [5.74, 6) is -0.516. The normalized spacial score (nSPS) is 43.7. The van der Waals surface area contributed by atoms with E-state index in [1.54, 1.807) is 0 Å². The van der Waals surface area contributed by atoms with E-state index in [9.17, 15) is 34.2 Å². The predicted molar refractivity (Wildman–Crippen MR) is 115 cm³/mol. The number of nitrogens with zero attached hydrogens (tertiary/aromatic N) is 4. The van der Waals surface area contributed by atoms with Crippen molar-refractivity contribution in [1.29, 1.82) is 0 Å². The van der Waals surface area contributed by atoms with Gasteiger partial charge in [0.05, 0.1) is 19.3 Å². The number of fused-ring (bicyclic) bond motifs is 7. The van der Waals surface area contributed by atoms with Crippen molar-refractivity contribution in [2.75, 3.05) is 26.1 Å². The summed E-state index contributed by atoms with van der Waals surface area (Å²) in [6.07, 6.45) is -4.84. The van der Waals surface area contributed by atoms with Crippen LogP contribution in [0.5, 0.6) is 0 Å². The molecule has 1 saturated carbocycles. The average Bonchev–Trinajstić information content (AvgIpc) is 3.45. The minimum Gasteiger partial charge on any atom is -0.387 e. The number of nitrogens with two attached hydrogens (primary N) is 1. The molecule has 2 aromatic rings. The van der Waals surface area contributed by atoms with Crippen LogP contribution >= 0.6 is 15.6 Å². The first kappa shape index (κ1) is 26.0. The van der Waals surface area contributed by atoms with Crippen LogP contribution < -0.4 is 10.3 Å². The van der Waals surface area contributed by atoms with Crippen molar-refractivity contribution in [2.45, 2.75) is 49.2 Å². The number of rotatable bonds is 1. The van der Waals surface area contributed by atoms with Gasteiger partial charge in [-0.2, -0.15) is 4.31 Å². The number of ether oxygens (including phenoxy) is 2. The van der Waals surface area contributed by atoms with Gasteiger partial charge in [0.2, 0.25) is 12.0 Å². The first-order chi connectivity index (χ1) is 16.9. The van der Waals surface area contributed by atoms with Crippen molar-refractivity contribution < 1.29 is 61.6 Å². The smallest absolute Gasteiger partial charge is 0.387 e. The van der Waals surface area contributed by atoms with Crippen molar-refractivity contribution in [2.24, 2.45) is 5.92 Å². The molecule has 7 N–H and O–H groups in total. The number of methoxy groups -OCH3 is 1. The number of hydrogen-bond acceptors (Lipinski definition) is 13. The second-order valence-corrected chi connectivity index (χ2v) is 11.8. The summed E-state index contributed by atoms with van der Waals surface area (Å²) < 4.78 is 52.4. The van der Waals surface area contributed by atoms with Crippen LogP contribution in [0.2, 0.25) is 0 Å². The van der Waals surface area contributed by atoms with Crippen LogP contribution in [0.25, 0.3) is 11.2 Å². The molecule has 2 aromatic heterocycles. The maximum absolute atomic E-state index is 12.4. The number of hydrogen-bond donors (Lipinski definition) is 6. The predicted octanol–water partition coefficient (Wildman–Crippen LogP) is -1.88. The molecule has 200 valence electrons. The molecule has 5 heterocycles. The Labute approximate surface area is 203 Å². The van der Waals surface area contributed by atoms with Crippen molar-refractivity contribution in [3.8, 4) is 0 Å². The second kappa shape index (κ2) is 9.31. The average molecular weight is 554 g/mol. The Bertz CT molecular complexity index is 1250. The Morgan fingerprint density at radius 2 is 1.81 bits per heavy atom. The van der Waals surface area contributed by atoms with E-state index in [2.05, 4.69) is 14.3 Å². The van der Waals surface area contributed by atoms with Crippen molar-refractivity contribution in [3.63, 3.8) is 0 Å². The maximum atomic E-state index is 12.4. The SMILES string of the molecule is CO[C@@H]1[C@H]2COP(=O)(O)OP(=O)(O)OC[C@H]3O[C@H]([C@H](O)[C@@H]3O)n3cnc4c(N)[n+](cnc43)[C@H](C2)[C@@H]1O. The molecule has 17 nitrogen and oxygen atoms in total. The zero-order chi connectivity index (χ0) is 26.0. The van der Waals surface area contributed by atoms with Crippen LogP contribution in [0.3, 0.4) is 0 Å². The third kappa shape index (κ3) is 4.49. The molecule has 0 aromatic carbocycles. The highest BCUT2D eigenvalue weighted by Crippen LogP contribution is 2.61. The van der Waals surface area contributed by atoms with E-state index >= 15 is 0 Å². The van der Waals surface area contributed by atoms with E-state index in [-0.39, 0.29) is 23.4 Å². The summed E-state index contributed by atoms with van der Waals surface area (Å²) in [4.78, 5) is 28.5. The zero-order valence-electron chi connectivity index (χ0n) is 18.7. The fourth-order valence-electron chi connectivity index (χ4n) is 4.90. The lowest BCUT2D eigenvalue weighted by Crippen LogP contribution is -2.48. The summed E-state index contributed by atoms with van der Waals surface area (Å²) in [5.41, 5.74) is 6.78. The minimum atomic E-state index is -5.18. The lowest BCUT2D eigenvalue weighted by Gasteiger charge is -2.22. The molecular formula is C17H26N5O12P2+. The molecule has 3 aliphatic heterocycles. The highest BCUT2D eigenvalue weighted by atomic mass is 31.3. The van der Waals surface area contributed by atoms with E-state index < -0.39 is 77.6 Å². The Balaban J connectivity index is 1.58. The van der Waals surface area contributed by atoms with Gasteiger partial charge in [-0.15, -0.1) is 0 Å². The molecule has 6 rings (SSSR count). The third-order valence-corrected chi connectivity index (χ3v) is 9.24. The lowest BCUT2D eigenvalue weighted by molar-refractivity contribution is -0.717. The van der Waals surface area contributed by atoms with Gasteiger partial charge in [0, 0.05) is 13.0 Å². The van der Waals surface area contributed by atoms with Gasteiger partial charge < -0.3 is 40.3 Å². The molecule has 0 radical (unpaired) electrons. The van der Waals surface area contributed by atoms with Crippen LogP contribution in [0.1, 0.15) is 18.7 Å². The summed E-state index contributed by atoms with van der Waals surface area (Å²) in [7, 11) is -8.96. The Morgan fingerprint density at radius 3 is 2.50 bits per heavy atom. The van der Waals surface area contributed by atoms with E-state index in [1.165, 1.54) is 28.9 Å². The van der Waals surface area contributed by atoms with Gasteiger partial charge in [0.25, 0.3) is 5.82 Å². The molecular weight excluding hydrogens is 528 g/mol. The standard InChI is InChI=1S/C17H25N5O12P2/c1-30-14-7-2-8(11(14)23)21-6-20-16-10(15(21)18)19-5-22(16)17-13(25)12(24)9(33-17)4-32-36(28,29)34-35(26,27)31-3-7/h5-9,11-14,17-18,23-25H,2-4H2,1H3,(H2,26,27,28,29)/p+1/t7-,8-,9-,11+,12-,13-,14-,17-/m1/s1. The van der Waals surface area contributed by atoms with Gasteiger partial charge in [-0.05, 0) is 6.42 Å². The number of aliphatic hydroxyl groups excluding tert-OH is 3. The van der Waals surface area contributed by atoms with Gasteiger partial charge >= 0.3 is 15.6 Å². The first-order valence-electron chi connectivity index (χ1n) is 10.8. The summed E-state index contributed by atoms with van der Waals surface area (Å²) >= 11 is 0. The van der Waals surface area contributed by atoms with Crippen LogP contribution in [-0.4, -0.2) is 90.5 Å².